The number of aryl methyl sites for hydroxylation is 1. The third-order valence-electron chi connectivity index (χ3n) is 3.93. The van der Waals surface area contributed by atoms with Gasteiger partial charge in [0.25, 0.3) is 0 Å². The molecule has 1 aromatic rings. The van der Waals surface area contributed by atoms with E-state index in [0.717, 1.165) is 12.8 Å². The van der Waals surface area contributed by atoms with Crippen molar-refractivity contribution in [2.24, 2.45) is 5.41 Å². The van der Waals surface area contributed by atoms with Gasteiger partial charge in [-0.05, 0) is 38.0 Å². The van der Waals surface area contributed by atoms with E-state index in [1.807, 2.05) is 39.8 Å². The molecule has 140 valence electrons. The van der Waals surface area contributed by atoms with Crippen LogP contribution in [0.25, 0.3) is 0 Å². The second-order valence-corrected chi connectivity index (χ2v) is 6.91. The molecule has 1 rings (SSSR count). The van der Waals surface area contributed by atoms with Crippen molar-refractivity contribution in [3.8, 4) is 0 Å². The van der Waals surface area contributed by atoms with Crippen LogP contribution in [0, 0.1) is 5.41 Å². The molecule has 0 unspecified atom stereocenters. The van der Waals surface area contributed by atoms with Gasteiger partial charge in [0.15, 0.2) is 0 Å². The molecule has 0 saturated carbocycles. The van der Waals surface area contributed by atoms with Crippen LogP contribution in [0.1, 0.15) is 57.0 Å². The maximum absolute atomic E-state index is 12.2. The summed E-state index contributed by atoms with van der Waals surface area (Å²) in [7, 11) is 0. The van der Waals surface area contributed by atoms with E-state index in [1.54, 1.807) is 17.0 Å². The Hall–Kier alpha value is -2.04. The van der Waals surface area contributed by atoms with Gasteiger partial charge in [-0.2, -0.15) is 0 Å². The smallest absolute Gasteiger partial charge is 0.409 e. The molecule has 25 heavy (non-hydrogen) atoms. The fraction of sp³-hybridized carbons (Fsp3) is 0.600. The molecule has 0 aliphatic carbocycles. The number of ether oxygens (including phenoxy) is 2. The molecule has 0 bridgehead atoms. The van der Waals surface area contributed by atoms with E-state index < -0.39 is 5.41 Å². The molecule has 0 aromatic heterocycles. The topological polar surface area (TPSA) is 55.8 Å². The first kappa shape index (κ1) is 21.0. The fourth-order valence-electron chi connectivity index (χ4n) is 2.31. The SMILES string of the molecule is CCCc1ccc(C(=O)OCC(C)(C)COC(=O)N(CC)CC)cc1. The first-order valence-electron chi connectivity index (χ1n) is 9.00. The van der Waals surface area contributed by atoms with Crippen LogP contribution >= 0.6 is 0 Å². The summed E-state index contributed by atoms with van der Waals surface area (Å²) in [6.45, 7) is 11.3. The lowest BCUT2D eigenvalue weighted by Gasteiger charge is -2.26. The Morgan fingerprint density at radius 3 is 2.04 bits per heavy atom. The number of carbonyl (C=O) groups excluding carboxylic acids is 2. The lowest BCUT2D eigenvalue weighted by atomic mass is 9.96. The van der Waals surface area contributed by atoms with Gasteiger partial charge in [0.1, 0.15) is 6.61 Å². The van der Waals surface area contributed by atoms with Gasteiger partial charge in [-0.1, -0.05) is 39.3 Å². The number of nitrogens with zero attached hydrogens (tertiary/aromatic N) is 1. The monoisotopic (exact) mass is 349 g/mol. The highest BCUT2D eigenvalue weighted by atomic mass is 16.6. The van der Waals surface area contributed by atoms with Gasteiger partial charge in [0.05, 0.1) is 12.2 Å². The predicted octanol–water partition coefficient (Wildman–Crippen LogP) is 4.30. The number of carbonyl (C=O) groups is 2. The van der Waals surface area contributed by atoms with E-state index in [9.17, 15) is 9.59 Å². The number of rotatable bonds is 9. The van der Waals surface area contributed by atoms with Crippen LogP contribution in [0.3, 0.4) is 0 Å². The largest absolute Gasteiger partial charge is 0.461 e. The number of benzene rings is 1. The van der Waals surface area contributed by atoms with Crippen molar-refractivity contribution in [2.75, 3.05) is 26.3 Å². The molecule has 0 aliphatic heterocycles. The molecule has 5 heteroatoms. The summed E-state index contributed by atoms with van der Waals surface area (Å²) >= 11 is 0. The van der Waals surface area contributed by atoms with E-state index in [1.165, 1.54) is 5.56 Å². The Morgan fingerprint density at radius 2 is 1.52 bits per heavy atom. The maximum atomic E-state index is 12.2. The molecule has 0 N–H and O–H groups in total. The standard InChI is InChI=1S/C20H31NO4/c1-6-9-16-10-12-17(13-11-16)18(22)24-14-20(4,5)15-25-19(23)21(7-2)8-3/h10-13H,6-9,14-15H2,1-5H3. The average Bonchev–Trinajstić information content (AvgIpc) is 2.60. The van der Waals surface area contributed by atoms with Crippen LogP contribution in [0.4, 0.5) is 4.79 Å². The zero-order valence-corrected chi connectivity index (χ0v) is 16.1. The predicted molar refractivity (Wildman–Crippen MR) is 98.8 cm³/mol. The van der Waals surface area contributed by atoms with Gasteiger partial charge < -0.3 is 14.4 Å². The average molecular weight is 349 g/mol. The van der Waals surface area contributed by atoms with Gasteiger partial charge >= 0.3 is 12.1 Å². The highest BCUT2D eigenvalue weighted by Gasteiger charge is 2.24. The first-order chi connectivity index (χ1) is 11.8. The normalized spacial score (nSPS) is 11.1. The van der Waals surface area contributed by atoms with Crippen molar-refractivity contribution in [3.05, 3.63) is 35.4 Å². The highest BCUT2D eigenvalue weighted by molar-refractivity contribution is 5.89. The van der Waals surface area contributed by atoms with Gasteiger partial charge in [-0.15, -0.1) is 0 Å². The molecule has 0 spiro atoms. The number of esters is 1. The fourth-order valence-corrected chi connectivity index (χ4v) is 2.31. The van der Waals surface area contributed by atoms with Crippen LogP contribution in [-0.2, 0) is 15.9 Å². The minimum Gasteiger partial charge on any atom is -0.461 e. The summed E-state index contributed by atoms with van der Waals surface area (Å²) < 4.78 is 10.7. The summed E-state index contributed by atoms with van der Waals surface area (Å²) in [6.07, 6.45) is 1.74. The van der Waals surface area contributed by atoms with Crippen LogP contribution in [0.15, 0.2) is 24.3 Å². The van der Waals surface area contributed by atoms with E-state index in [2.05, 4.69) is 6.92 Å². The molecular formula is C20H31NO4. The summed E-state index contributed by atoms with van der Waals surface area (Å²) in [5, 5.41) is 0. The summed E-state index contributed by atoms with van der Waals surface area (Å²) in [5.74, 6) is -0.355. The van der Waals surface area contributed by atoms with Crippen molar-refractivity contribution in [2.45, 2.75) is 47.5 Å². The van der Waals surface area contributed by atoms with Crippen LogP contribution in [0.5, 0.6) is 0 Å². The zero-order valence-electron chi connectivity index (χ0n) is 16.1. The number of hydrogen-bond acceptors (Lipinski definition) is 4. The Balaban J connectivity index is 2.48. The van der Waals surface area contributed by atoms with Gasteiger partial charge in [-0.25, -0.2) is 9.59 Å². The van der Waals surface area contributed by atoms with E-state index >= 15 is 0 Å². The zero-order chi connectivity index (χ0) is 18.9. The summed E-state index contributed by atoms with van der Waals surface area (Å²) in [5.41, 5.74) is 1.30. The van der Waals surface area contributed by atoms with Crippen LogP contribution in [-0.4, -0.2) is 43.3 Å². The number of amides is 1. The lowest BCUT2D eigenvalue weighted by molar-refractivity contribution is 0.0125. The molecule has 1 amide bonds. The minimum atomic E-state index is -0.444. The molecule has 0 fully saturated rings. The molecule has 0 saturated heterocycles. The quantitative estimate of drug-likeness (QED) is 0.624. The minimum absolute atomic E-state index is 0.189. The van der Waals surface area contributed by atoms with E-state index in [0.29, 0.717) is 18.7 Å². The summed E-state index contributed by atoms with van der Waals surface area (Å²) in [6, 6.07) is 7.50. The molecule has 0 radical (unpaired) electrons. The third kappa shape index (κ3) is 7.16. The number of hydrogen-bond donors (Lipinski definition) is 0. The maximum Gasteiger partial charge on any atom is 0.409 e. The first-order valence-corrected chi connectivity index (χ1v) is 9.00. The van der Waals surface area contributed by atoms with Gasteiger partial charge in [-0.3, -0.25) is 0 Å². The highest BCUT2D eigenvalue weighted by Crippen LogP contribution is 2.18. The van der Waals surface area contributed by atoms with Crippen molar-refractivity contribution < 1.29 is 19.1 Å². The van der Waals surface area contributed by atoms with E-state index in [4.69, 9.17) is 9.47 Å². The Labute approximate surface area is 151 Å². The van der Waals surface area contributed by atoms with Crippen LogP contribution in [0.2, 0.25) is 0 Å². The third-order valence-corrected chi connectivity index (χ3v) is 3.93. The van der Waals surface area contributed by atoms with Crippen molar-refractivity contribution in [1.82, 2.24) is 4.90 Å². The van der Waals surface area contributed by atoms with Crippen molar-refractivity contribution >= 4 is 12.1 Å². The molecule has 0 atom stereocenters. The Morgan fingerprint density at radius 1 is 0.960 bits per heavy atom. The molecule has 0 aliphatic rings. The second kappa shape index (κ2) is 10.1. The summed E-state index contributed by atoms with van der Waals surface area (Å²) in [4.78, 5) is 25.7. The Kier molecular flexibility index (Phi) is 8.46. The Bertz CT molecular complexity index is 547. The second-order valence-electron chi connectivity index (χ2n) is 6.91. The lowest BCUT2D eigenvalue weighted by Crippen LogP contribution is -2.35. The van der Waals surface area contributed by atoms with Gasteiger partial charge in [0.2, 0.25) is 0 Å². The van der Waals surface area contributed by atoms with Crippen molar-refractivity contribution in [1.29, 1.82) is 0 Å². The van der Waals surface area contributed by atoms with E-state index in [-0.39, 0.29) is 25.3 Å². The molecule has 5 nitrogen and oxygen atoms in total. The van der Waals surface area contributed by atoms with Gasteiger partial charge in [0, 0.05) is 18.5 Å². The van der Waals surface area contributed by atoms with Crippen LogP contribution < -0.4 is 0 Å². The molecule has 0 heterocycles. The van der Waals surface area contributed by atoms with Crippen molar-refractivity contribution in [3.63, 3.8) is 0 Å². The molecular weight excluding hydrogens is 318 g/mol. The molecule has 1 aromatic carbocycles.